The first-order valence-corrected chi connectivity index (χ1v) is 6.49. The van der Waals surface area contributed by atoms with E-state index in [1.165, 1.54) is 11.1 Å². The Balaban J connectivity index is 2.05. The van der Waals surface area contributed by atoms with Gasteiger partial charge in [-0.05, 0) is 25.3 Å². The number of nitrogens with two attached hydrogens (primary N) is 1. The molecule has 1 heterocycles. The summed E-state index contributed by atoms with van der Waals surface area (Å²) in [6, 6.07) is 8.46. The minimum Gasteiger partial charge on any atom is -0.493 e. The van der Waals surface area contributed by atoms with Gasteiger partial charge in [-0.2, -0.15) is 5.10 Å². The van der Waals surface area contributed by atoms with Gasteiger partial charge in [0, 0.05) is 7.05 Å². The van der Waals surface area contributed by atoms with Crippen LogP contribution in [0.3, 0.4) is 0 Å². The molecular formula is C15H21N3O. The highest BCUT2D eigenvalue weighted by molar-refractivity contribution is 5.28. The number of nitrogens with zero attached hydrogens (tertiary/aromatic N) is 2. The molecule has 1 atom stereocenters. The van der Waals surface area contributed by atoms with Crippen LogP contribution in [0.5, 0.6) is 5.75 Å². The summed E-state index contributed by atoms with van der Waals surface area (Å²) in [5.74, 6) is 0.763. The van der Waals surface area contributed by atoms with Crippen molar-refractivity contribution in [2.45, 2.75) is 25.8 Å². The van der Waals surface area contributed by atoms with Crippen molar-refractivity contribution >= 4 is 0 Å². The van der Waals surface area contributed by atoms with Crippen LogP contribution in [0.1, 0.15) is 29.3 Å². The van der Waals surface area contributed by atoms with Gasteiger partial charge < -0.3 is 10.5 Å². The van der Waals surface area contributed by atoms with Crippen molar-refractivity contribution in [1.82, 2.24) is 9.78 Å². The van der Waals surface area contributed by atoms with Gasteiger partial charge in [-0.1, -0.05) is 29.8 Å². The van der Waals surface area contributed by atoms with Gasteiger partial charge in [0.25, 0.3) is 0 Å². The van der Waals surface area contributed by atoms with Crippen LogP contribution < -0.4 is 10.5 Å². The molecule has 1 unspecified atom stereocenters. The minimum atomic E-state index is -0.0667. The van der Waals surface area contributed by atoms with Gasteiger partial charge in [-0.25, -0.2) is 0 Å². The van der Waals surface area contributed by atoms with Crippen LogP contribution >= 0.6 is 0 Å². The van der Waals surface area contributed by atoms with Gasteiger partial charge in [0.15, 0.2) is 5.75 Å². The third kappa shape index (κ3) is 3.15. The maximum absolute atomic E-state index is 6.26. The first kappa shape index (κ1) is 13.6. The van der Waals surface area contributed by atoms with Crippen molar-refractivity contribution in [2.75, 3.05) is 7.11 Å². The lowest BCUT2D eigenvalue weighted by Gasteiger charge is -2.14. The van der Waals surface area contributed by atoms with Crippen molar-refractivity contribution in [3.63, 3.8) is 0 Å². The Labute approximate surface area is 114 Å². The number of methoxy groups -OCH3 is 1. The van der Waals surface area contributed by atoms with Gasteiger partial charge in [0.2, 0.25) is 0 Å². The van der Waals surface area contributed by atoms with Crippen molar-refractivity contribution < 1.29 is 4.74 Å². The van der Waals surface area contributed by atoms with Crippen LogP contribution in [-0.2, 0) is 13.5 Å². The Morgan fingerprint density at radius 3 is 2.89 bits per heavy atom. The zero-order chi connectivity index (χ0) is 13.8. The number of aryl methyl sites for hydroxylation is 3. The maximum atomic E-state index is 6.26. The lowest BCUT2D eigenvalue weighted by Crippen LogP contribution is -2.16. The van der Waals surface area contributed by atoms with E-state index < -0.39 is 0 Å². The summed E-state index contributed by atoms with van der Waals surface area (Å²) < 4.78 is 7.09. The van der Waals surface area contributed by atoms with E-state index in [1.54, 1.807) is 18.0 Å². The largest absolute Gasteiger partial charge is 0.493 e. The maximum Gasteiger partial charge on any atom is 0.161 e. The van der Waals surface area contributed by atoms with Crippen LogP contribution in [0, 0.1) is 6.92 Å². The molecule has 4 heteroatoms. The molecule has 1 aromatic carbocycles. The number of benzene rings is 1. The first-order valence-electron chi connectivity index (χ1n) is 6.49. The number of aromatic nitrogens is 2. The Hall–Kier alpha value is -1.81. The lowest BCUT2D eigenvalue weighted by atomic mass is 10.0. The molecule has 0 aliphatic carbocycles. The third-order valence-corrected chi connectivity index (χ3v) is 3.35. The summed E-state index contributed by atoms with van der Waals surface area (Å²) in [5.41, 5.74) is 9.81. The number of rotatable bonds is 5. The highest BCUT2D eigenvalue weighted by Gasteiger charge is 2.16. The molecule has 0 fully saturated rings. The Kier molecular flexibility index (Phi) is 4.22. The van der Waals surface area contributed by atoms with Gasteiger partial charge >= 0.3 is 0 Å². The molecule has 2 aromatic rings. The summed E-state index contributed by atoms with van der Waals surface area (Å²) in [7, 11) is 3.54. The van der Waals surface area contributed by atoms with E-state index in [0.717, 1.165) is 24.3 Å². The van der Waals surface area contributed by atoms with Gasteiger partial charge in [0.05, 0.1) is 25.0 Å². The predicted octanol–water partition coefficient (Wildman–Crippen LogP) is 2.37. The Morgan fingerprint density at radius 1 is 1.42 bits per heavy atom. The summed E-state index contributed by atoms with van der Waals surface area (Å²) in [6.07, 6.45) is 3.54. The standard InChI is InChI=1S/C15H21N3O/c1-11-5-4-6-12(9-11)7-8-13(16)15-14(19-3)10-17-18(15)2/h4-6,9-10,13H,7-8,16H2,1-3H3. The molecule has 19 heavy (non-hydrogen) atoms. The first-order chi connectivity index (χ1) is 9.11. The van der Waals surface area contributed by atoms with Crippen molar-refractivity contribution in [2.24, 2.45) is 12.8 Å². The van der Waals surface area contributed by atoms with Crippen LogP contribution in [-0.4, -0.2) is 16.9 Å². The molecular weight excluding hydrogens is 238 g/mol. The van der Waals surface area contributed by atoms with Crippen molar-refractivity contribution in [3.8, 4) is 5.75 Å². The highest BCUT2D eigenvalue weighted by Crippen LogP contribution is 2.25. The molecule has 0 aliphatic heterocycles. The fourth-order valence-electron chi connectivity index (χ4n) is 2.33. The predicted molar refractivity (Wildman–Crippen MR) is 76.2 cm³/mol. The highest BCUT2D eigenvalue weighted by atomic mass is 16.5. The minimum absolute atomic E-state index is 0.0667. The zero-order valence-electron chi connectivity index (χ0n) is 11.8. The topological polar surface area (TPSA) is 53.1 Å². The molecule has 0 aliphatic rings. The van der Waals surface area contributed by atoms with Crippen LogP contribution in [0.25, 0.3) is 0 Å². The molecule has 0 radical (unpaired) electrons. The second kappa shape index (κ2) is 5.89. The van der Waals surface area contributed by atoms with E-state index in [0.29, 0.717) is 0 Å². The fourth-order valence-corrected chi connectivity index (χ4v) is 2.33. The molecule has 0 bridgehead atoms. The summed E-state index contributed by atoms with van der Waals surface area (Å²) >= 11 is 0. The molecule has 0 saturated carbocycles. The van der Waals surface area contributed by atoms with E-state index in [9.17, 15) is 0 Å². The molecule has 0 spiro atoms. The van der Waals surface area contributed by atoms with Crippen LogP contribution in [0.15, 0.2) is 30.5 Å². The fraction of sp³-hybridized carbons (Fsp3) is 0.400. The smallest absolute Gasteiger partial charge is 0.161 e. The second-order valence-corrected chi connectivity index (χ2v) is 4.86. The quantitative estimate of drug-likeness (QED) is 0.897. The van der Waals surface area contributed by atoms with Gasteiger partial charge in [-0.15, -0.1) is 0 Å². The van der Waals surface area contributed by atoms with E-state index in [-0.39, 0.29) is 6.04 Å². The SMILES string of the molecule is COc1cnn(C)c1C(N)CCc1cccc(C)c1. The van der Waals surface area contributed by atoms with Crippen LogP contribution in [0.2, 0.25) is 0 Å². The van der Waals surface area contributed by atoms with Crippen LogP contribution in [0.4, 0.5) is 0 Å². The lowest BCUT2D eigenvalue weighted by molar-refractivity contribution is 0.401. The molecule has 4 nitrogen and oxygen atoms in total. The van der Waals surface area contributed by atoms with E-state index in [4.69, 9.17) is 10.5 Å². The zero-order valence-corrected chi connectivity index (χ0v) is 11.8. The molecule has 102 valence electrons. The van der Waals surface area contributed by atoms with E-state index >= 15 is 0 Å². The third-order valence-electron chi connectivity index (χ3n) is 3.35. The average Bonchev–Trinajstić information content (AvgIpc) is 2.77. The van der Waals surface area contributed by atoms with Gasteiger partial charge in [0.1, 0.15) is 0 Å². The molecule has 2 rings (SSSR count). The second-order valence-electron chi connectivity index (χ2n) is 4.86. The average molecular weight is 259 g/mol. The molecule has 0 saturated heterocycles. The summed E-state index contributed by atoms with van der Waals surface area (Å²) in [6.45, 7) is 2.10. The van der Waals surface area contributed by atoms with Gasteiger partial charge in [-0.3, -0.25) is 4.68 Å². The van der Waals surface area contributed by atoms with Crippen molar-refractivity contribution in [3.05, 3.63) is 47.3 Å². The molecule has 0 amide bonds. The monoisotopic (exact) mass is 259 g/mol. The number of hydrogen-bond donors (Lipinski definition) is 1. The summed E-state index contributed by atoms with van der Waals surface area (Å²) in [4.78, 5) is 0. The number of hydrogen-bond acceptors (Lipinski definition) is 3. The van der Waals surface area contributed by atoms with E-state index in [1.807, 2.05) is 7.05 Å². The number of ether oxygens (including phenoxy) is 1. The molecule has 1 aromatic heterocycles. The normalized spacial score (nSPS) is 12.4. The summed E-state index contributed by atoms with van der Waals surface area (Å²) in [5, 5.41) is 4.19. The van der Waals surface area contributed by atoms with Crippen molar-refractivity contribution in [1.29, 1.82) is 0 Å². The Bertz CT molecular complexity index is 548. The Morgan fingerprint density at radius 2 is 2.21 bits per heavy atom. The molecule has 2 N–H and O–H groups in total. The van der Waals surface area contributed by atoms with E-state index in [2.05, 4.69) is 36.3 Å².